The van der Waals surface area contributed by atoms with Crippen molar-refractivity contribution in [2.45, 2.75) is 51.4 Å². The summed E-state index contributed by atoms with van der Waals surface area (Å²) in [5.74, 6) is 0.755. The second-order valence-electron chi connectivity index (χ2n) is 6.27. The molecule has 3 unspecified atom stereocenters. The number of nitrogens with one attached hydrogen (secondary N) is 1. The molecule has 1 amide bonds. The van der Waals surface area contributed by atoms with E-state index in [9.17, 15) is 9.90 Å². The minimum Gasteiger partial charge on any atom is -0.491 e. The van der Waals surface area contributed by atoms with Crippen molar-refractivity contribution in [1.82, 2.24) is 5.32 Å². The molecule has 1 saturated carbocycles. The van der Waals surface area contributed by atoms with Gasteiger partial charge < -0.3 is 20.9 Å². The number of hydrogen-bond acceptors (Lipinski definition) is 4. The maximum absolute atomic E-state index is 12.0. The number of amides is 1. The highest BCUT2D eigenvalue weighted by molar-refractivity contribution is 5.79. The third-order valence-electron chi connectivity index (χ3n) is 3.95. The van der Waals surface area contributed by atoms with Crippen LogP contribution in [0.15, 0.2) is 24.3 Å². The van der Waals surface area contributed by atoms with E-state index >= 15 is 0 Å². The maximum atomic E-state index is 12.0. The third kappa shape index (κ3) is 4.71. The lowest BCUT2D eigenvalue weighted by Crippen LogP contribution is -2.33. The van der Waals surface area contributed by atoms with E-state index in [-0.39, 0.29) is 30.5 Å². The Hall–Kier alpha value is -1.59. The molecule has 22 heavy (non-hydrogen) atoms. The molecule has 1 aliphatic rings. The van der Waals surface area contributed by atoms with Crippen LogP contribution in [0.4, 0.5) is 0 Å². The Kier molecular flexibility index (Phi) is 5.80. The van der Waals surface area contributed by atoms with E-state index in [1.807, 2.05) is 38.1 Å². The molecule has 3 atom stereocenters. The number of carbonyl (C=O) groups is 1. The molecule has 0 heterocycles. The van der Waals surface area contributed by atoms with Gasteiger partial charge in [0.05, 0.1) is 12.2 Å². The maximum Gasteiger partial charge on any atom is 0.223 e. The molecule has 1 aromatic carbocycles. The van der Waals surface area contributed by atoms with Crippen LogP contribution in [0.2, 0.25) is 0 Å². The fourth-order valence-corrected chi connectivity index (χ4v) is 2.75. The van der Waals surface area contributed by atoms with Gasteiger partial charge in [-0.05, 0) is 50.8 Å². The summed E-state index contributed by atoms with van der Waals surface area (Å²) in [5.41, 5.74) is 6.58. The molecule has 0 saturated heterocycles. The minimum absolute atomic E-state index is 0.00763. The van der Waals surface area contributed by atoms with Crippen molar-refractivity contribution >= 4 is 5.91 Å². The highest BCUT2D eigenvalue weighted by atomic mass is 16.5. The summed E-state index contributed by atoms with van der Waals surface area (Å²) in [6.45, 7) is 4.15. The van der Waals surface area contributed by atoms with Crippen LogP contribution in [0.25, 0.3) is 0 Å². The summed E-state index contributed by atoms with van der Waals surface area (Å²) in [5, 5.41) is 13.0. The number of hydrogen-bond donors (Lipinski definition) is 3. The van der Waals surface area contributed by atoms with E-state index in [0.717, 1.165) is 30.6 Å². The topological polar surface area (TPSA) is 84.6 Å². The number of nitrogens with two attached hydrogens (primary N) is 1. The van der Waals surface area contributed by atoms with Gasteiger partial charge in [0.2, 0.25) is 5.91 Å². The fourth-order valence-electron chi connectivity index (χ4n) is 2.75. The average Bonchev–Trinajstić information content (AvgIpc) is 2.91. The molecule has 0 radical (unpaired) electrons. The van der Waals surface area contributed by atoms with Crippen molar-refractivity contribution in [3.8, 4) is 5.75 Å². The molecule has 2 rings (SSSR count). The monoisotopic (exact) mass is 306 g/mol. The molecule has 122 valence electrons. The van der Waals surface area contributed by atoms with Gasteiger partial charge in [0.1, 0.15) is 5.75 Å². The van der Waals surface area contributed by atoms with Crippen LogP contribution >= 0.6 is 0 Å². The zero-order valence-corrected chi connectivity index (χ0v) is 13.3. The molecule has 4 N–H and O–H groups in total. The molecule has 0 aliphatic heterocycles. The summed E-state index contributed by atoms with van der Waals surface area (Å²) in [4.78, 5) is 12.0. The highest BCUT2D eigenvalue weighted by Gasteiger charge is 2.27. The van der Waals surface area contributed by atoms with E-state index in [1.165, 1.54) is 0 Å². The lowest BCUT2D eigenvalue weighted by Gasteiger charge is -2.16. The van der Waals surface area contributed by atoms with Crippen LogP contribution in [-0.2, 0) is 4.79 Å². The summed E-state index contributed by atoms with van der Waals surface area (Å²) < 4.78 is 5.56. The van der Waals surface area contributed by atoms with Gasteiger partial charge in [-0.15, -0.1) is 0 Å². The molecular formula is C17H26N2O3. The summed E-state index contributed by atoms with van der Waals surface area (Å²) in [6.07, 6.45) is 1.88. The zero-order valence-electron chi connectivity index (χ0n) is 13.3. The normalized spacial score (nSPS) is 22.6. The standard InChI is InChI=1S/C17H26N2O3/c1-11(2)22-15-7-4-12(5-8-15)16(20)10-19-17(21)13-3-6-14(18)9-13/h4-5,7-8,11,13-14,16,20H,3,6,9-10,18H2,1-2H3,(H,19,21). The second-order valence-corrected chi connectivity index (χ2v) is 6.27. The van der Waals surface area contributed by atoms with E-state index in [0.29, 0.717) is 0 Å². The fraction of sp³-hybridized carbons (Fsp3) is 0.588. The van der Waals surface area contributed by atoms with Crippen LogP contribution in [0.1, 0.15) is 44.8 Å². The number of carbonyl (C=O) groups excluding carboxylic acids is 1. The quantitative estimate of drug-likeness (QED) is 0.747. The number of ether oxygens (including phenoxy) is 1. The first-order valence-electron chi connectivity index (χ1n) is 7.93. The molecule has 0 aromatic heterocycles. The van der Waals surface area contributed by atoms with Crippen LogP contribution < -0.4 is 15.8 Å². The largest absolute Gasteiger partial charge is 0.491 e. The van der Waals surface area contributed by atoms with E-state index in [4.69, 9.17) is 10.5 Å². The van der Waals surface area contributed by atoms with Crippen LogP contribution in [0.5, 0.6) is 5.75 Å². The van der Waals surface area contributed by atoms with Gasteiger partial charge in [-0.1, -0.05) is 12.1 Å². The lowest BCUT2D eigenvalue weighted by molar-refractivity contribution is -0.125. The molecule has 1 aromatic rings. The van der Waals surface area contributed by atoms with Crippen molar-refractivity contribution < 1.29 is 14.6 Å². The Morgan fingerprint density at radius 1 is 1.36 bits per heavy atom. The molecule has 5 nitrogen and oxygen atoms in total. The Balaban J connectivity index is 1.81. The average molecular weight is 306 g/mol. The van der Waals surface area contributed by atoms with Gasteiger partial charge in [-0.2, -0.15) is 0 Å². The third-order valence-corrected chi connectivity index (χ3v) is 3.95. The van der Waals surface area contributed by atoms with E-state index in [1.54, 1.807) is 0 Å². The number of aliphatic hydroxyl groups excluding tert-OH is 1. The first-order chi connectivity index (χ1) is 10.5. The smallest absolute Gasteiger partial charge is 0.223 e. The van der Waals surface area contributed by atoms with Gasteiger partial charge in [-0.3, -0.25) is 4.79 Å². The molecule has 0 bridgehead atoms. The molecular weight excluding hydrogens is 280 g/mol. The Labute approximate surface area is 131 Å². The SMILES string of the molecule is CC(C)Oc1ccc(C(O)CNC(=O)C2CCC(N)C2)cc1. The van der Waals surface area contributed by atoms with Crippen LogP contribution in [-0.4, -0.2) is 29.7 Å². The number of aliphatic hydroxyl groups is 1. The van der Waals surface area contributed by atoms with Gasteiger partial charge in [0.25, 0.3) is 0 Å². The minimum atomic E-state index is -0.716. The Morgan fingerprint density at radius 2 is 2.05 bits per heavy atom. The molecule has 5 heteroatoms. The predicted molar refractivity (Wildman–Crippen MR) is 85.5 cm³/mol. The summed E-state index contributed by atoms with van der Waals surface area (Å²) in [6, 6.07) is 7.43. The zero-order chi connectivity index (χ0) is 16.1. The first-order valence-corrected chi connectivity index (χ1v) is 7.93. The van der Waals surface area contributed by atoms with Crippen LogP contribution in [0, 0.1) is 5.92 Å². The summed E-state index contributed by atoms with van der Waals surface area (Å²) >= 11 is 0. The van der Waals surface area contributed by atoms with Gasteiger partial charge in [-0.25, -0.2) is 0 Å². The highest BCUT2D eigenvalue weighted by Crippen LogP contribution is 2.24. The Morgan fingerprint density at radius 3 is 2.59 bits per heavy atom. The van der Waals surface area contributed by atoms with Crippen molar-refractivity contribution in [2.24, 2.45) is 11.7 Å². The van der Waals surface area contributed by atoms with Crippen molar-refractivity contribution in [2.75, 3.05) is 6.54 Å². The predicted octanol–water partition coefficient (Wildman–Crippen LogP) is 1.75. The van der Waals surface area contributed by atoms with Gasteiger partial charge in [0.15, 0.2) is 0 Å². The molecule has 1 fully saturated rings. The molecule has 0 spiro atoms. The van der Waals surface area contributed by atoms with Crippen molar-refractivity contribution in [3.63, 3.8) is 0 Å². The molecule has 1 aliphatic carbocycles. The number of benzene rings is 1. The second kappa shape index (κ2) is 7.61. The lowest BCUT2D eigenvalue weighted by atomic mass is 10.1. The number of rotatable bonds is 6. The van der Waals surface area contributed by atoms with Crippen molar-refractivity contribution in [3.05, 3.63) is 29.8 Å². The van der Waals surface area contributed by atoms with Gasteiger partial charge >= 0.3 is 0 Å². The Bertz CT molecular complexity index is 487. The van der Waals surface area contributed by atoms with Crippen molar-refractivity contribution in [1.29, 1.82) is 0 Å². The summed E-state index contributed by atoms with van der Waals surface area (Å²) in [7, 11) is 0. The van der Waals surface area contributed by atoms with E-state index in [2.05, 4.69) is 5.32 Å². The van der Waals surface area contributed by atoms with E-state index < -0.39 is 6.10 Å². The van der Waals surface area contributed by atoms with Crippen LogP contribution in [0.3, 0.4) is 0 Å². The first kappa shape index (κ1) is 16.8. The van der Waals surface area contributed by atoms with Gasteiger partial charge in [0, 0.05) is 18.5 Å².